The first-order valence-electron chi connectivity index (χ1n) is 14.1. The molecule has 0 saturated heterocycles. The van der Waals surface area contributed by atoms with Crippen LogP contribution in [0.2, 0.25) is 0 Å². The predicted molar refractivity (Wildman–Crippen MR) is 133 cm³/mol. The molecule has 0 bridgehead atoms. The van der Waals surface area contributed by atoms with Gasteiger partial charge >= 0.3 is 0 Å². The van der Waals surface area contributed by atoms with Gasteiger partial charge in [0.05, 0.1) is 24.4 Å². The lowest BCUT2D eigenvalue weighted by atomic mass is 9.44. The zero-order valence-electron chi connectivity index (χ0n) is 22.3. The van der Waals surface area contributed by atoms with Crippen molar-refractivity contribution in [1.82, 2.24) is 0 Å². The lowest BCUT2D eigenvalue weighted by Gasteiger charge is -2.61. The SMILES string of the molecule is CC[C@@H](C(C)C)[C@H](O)[C@@H](O)[C@@H](C)[C@H]1CC[C@H]2[C@@H]3CC(=O)C4C[C@H](O)[C@H](O)C[C@]4(C)[C@H]3CC[C@]12C. The molecule has 0 amide bonds. The monoisotopic (exact) mass is 478 g/mol. The van der Waals surface area contributed by atoms with Crippen LogP contribution in [-0.4, -0.2) is 50.6 Å². The van der Waals surface area contributed by atoms with E-state index in [1.165, 1.54) is 0 Å². The van der Waals surface area contributed by atoms with E-state index in [4.69, 9.17) is 0 Å². The molecule has 4 saturated carbocycles. The van der Waals surface area contributed by atoms with Gasteiger partial charge in [-0.2, -0.15) is 0 Å². The highest BCUT2D eigenvalue weighted by atomic mass is 16.3. The zero-order valence-corrected chi connectivity index (χ0v) is 22.3. The van der Waals surface area contributed by atoms with Crippen LogP contribution in [0.5, 0.6) is 0 Å². The Balaban J connectivity index is 1.55. The van der Waals surface area contributed by atoms with E-state index in [0.29, 0.717) is 48.9 Å². The molecule has 4 N–H and O–H groups in total. The summed E-state index contributed by atoms with van der Waals surface area (Å²) in [6.07, 6.45) is 3.69. The summed E-state index contributed by atoms with van der Waals surface area (Å²) in [4.78, 5) is 13.4. The molecule has 0 aromatic heterocycles. The molecule has 0 radical (unpaired) electrons. The van der Waals surface area contributed by atoms with E-state index in [9.17, 15) is 25.2 Å². The highest BCUT2D eigenvalue weighted by Crippen LogP contribution is 2.67. The van der Waals surface area contributed by atoms with E-state index in [0.717, 1.165) is 32.1 Å². The molecule has 34 heavy (non-hydrogen) atoms. The van der Waals surface area contributed by atoms with Crippen LogP contribution in [0.4, 0.5) is 0 Å². The van der Waals surface area contributed by atoms with Crippen molar-refractivity contribution in [2.45, 2.75) is 117 Å². The van der Waals surface area contributed by atoms with E-state index in [-0.39, 0.29) is 34.4 Å². The third-order valence-electron chi connectivity index (χ3n) is 11.8. The van der Waals surface area contributed by atoms with Gasteiger partial charge in [-0.3, -0.25) is 4.79 Å². The second kappa shape index (κ2) is 9.43. The molecule has 4 aliphatic rings. The summed E-state index contributed by atoms with van der Waals surface area (Å²) in [7, 11) is 0. The number of aliphatic hydroxyl groups is 4. The minimum absolute atomic E-state index is 0.0172. The number of carbonyl (C=O) groups excluding carboxylic acids is 1. The molecule has 0 aromatic rings. The third-order valence-corrected chi connectivity index (χ3v) is 11.8. The largest absolute Gasteiger partial charge is 0.390 e. The van der Waals surface area contributed by atoms with Gasteiger partial charge in [-0.25, -0.2) is 0 Å². The molecule has 0 heterocycles. The Labute approximate surface area is 206 Å². The summed E-state index contributed by atoms with van der Waals surface area (Å²) in [5.74, 6) is 2.12. The fraction of sp³-hybridized carbons (Fsp3) is 0.966. The number of rotatable bonds is 6. The smallest absolute Gasteiger partial charge is 0.136 e. The van der Waals surface area contributed by atoms with Crippen LogP contribution < -0.4 is 0 Å². The molecule has 4 rings (SSSR count). The standard InChI is InChI=1S/C29H50O5/c1-7-17(15(2)3)27(34)26(33)16(4)19-8-9-20-18-12-23(30)22-13-24(31)25(32)14-29(22,6)21(18)10-11-28(19,20)5/h15-22,24-27,31-34H,7-14H2,1-6H3/t16-,17-,18-,19+,20-,21-,22?,24-,25+,26-,27-,28+,29+/m0/s1. The van der Waals surface area contributed by atoms with E-state index >= 15 is 0 Å². The first kappa shape index (κ1) is 26.6. The number of aliphatic hydroxyl groups excluding tert-OH is 4. The summed E-state index contributed by atoms with van der Waals surface area (Å²) in [5, 5.41) is 43.1. The Morgan fingerprint density at radius 2 is 1.59 bits per heavy atom. The molecule has 0 spiro atoms. The second-order valence-electron chi connectivity index (χ2n) is 13.6. The minimum atomic E-state index is -0.783. The third kappa shape index (κ3) is 4.01. The maximum absolute atomic E-state index is 13.4. The van der Waals surface area contributed by atoms with Crippen LogP contribution in [0.25, 0.3) is 0 Å². The summed E-state index contributed by atoms with van der Waals surface area (Å²) >= 11 is 0. The Kier molecular flexibility index (Phi) is 7.37. The van der Waals surface area contributed by atoms with Crippen molar-refractivity contribution in [3.05, 3.63) is 0 Å². The first-order chi connectivity index (χ1) is 15.9. The average Bonchev–Trinajstić information content (AvgIpc) is 3.12. The summed E-state index contributed by atoms with van der Waals surface area (Å²) in [6, 6.07) is 0. The summed E-state index contributed by atoms with van der Waals surface area (Å²) in [5.41, 5.74) is -0.165. The zero-order chi connectivity index (χ0) is 25.2. The quantitative estimate of drug-likeness (QED) is 0.459. The molecule has 0 aromatic carbocycles. The van der Waals surface area contributed by atoms with Gasteiger partial charge in [-0.15, -0.1) is 0 Å². The normalized spacial score (nSPS) is 48.0. The van der Waals surface area contributed by atoms with Crippen LogP contribution in [0.15, 0.2) is 0 Å². The van der Waals surface area contributed by atoms with Crippen molar-refractivity contribution in [1.29, 1.82) is 0 Å². The van der Waals surface area contributed by atoms with Crippen molar-refractivity contribution in [3.63, 3.8) is 0 Å². The highest BCUT2D eigenvalue weighted by molar-refractivity contribution is 5.83. The first-order valence-corrected chi connectivity index (χ1v) is 14.1. The van der Waals surface area contributed by atoms with Crippen molar-refractivity contribution in [3.8, 4) is 0 Å². The molecule has 196 valence electrons. The van der Waals surface area contributed by atoms with Crippen molar-refractivity contribution >= 4 is 5.78 Å². The van der Waals surface area contributed by atoms with Gasteiger partial charge in [0, 0.05) is 12.3 Å². The Hall–Kier alpha value is -0.490. The van der Waals surface area contributed by atoms with Crippen LogP contribution >= 0.6 is 0 Å². The van der Waals surface area contributed by atoms with Crippen LogP contribution in [-0.2, 0) is 4.79 Å². The van der Waals surface area contributed by atoms with Crippen LogP contribution in [0, 0.1) is 58.2 Å². The van der Waals surface area contributed by atoms with Gasteiger partial charge in [0.1, 0.15) is 5.78 Å². The average molecular weight is 479 g/mol. The van der Waals surface area contributed by atoms with Gasteiger partial charge < -0.3 is 20.4 Å². The number of hydrogen-bond donors (Lipinski definition) is 4. The van der Waals surface area contributed by atoms with E-state index in [2.05, 4.69) is 41.5 Å². The lowest BCUT2D eigenvalue weighted by Crippen LogP contribution is -2.59. The van der Waals surface area contributed by atoms with E-state index in [1.54, 1.807) is 0 Å². The van der Waals surface area contributed by atoms with E-state index in [1.807, 2.05) is 0 Å². The van der Waals surface area contributed by atoms with Gasteiger partial charge in [-0.1, -0.05) is 48.0 Å². The number of Topliss-reactive ketones (excluding diaryl/α,β-unsaturated/α-hetero) is 1. The van der Waals surface area contributed by atoms with Gasteiger partial charge in [0.15, 0.2) is 0 Å². The number of hydrogen-bond acceptors (Lipinski definition) is 5. The molecule has 5 nitrogen and oxygen atoms in total. The summed E-state index contributed by atoms with van der Waals surface area (Å²) < 4.78 is 0. The van der Waals surface area contributed by atoms with Crippen LogP contribution in [0.3, 0.4) is 0 Å². The van der Waals surface area contributed by atoms with E-state index < -0.39 is 24.4 Å². The van der Waals surface area contributed by atoms with Gasteiger partial charge in [-0.05, 0) is 90.8 Å². The van der Waals surface area contributed by atoms with Gasteiger partial charge in [0.25, 0.3) is 0 Å². The van der Waals surface area contributed by atoms with Gasteiger partial charge in [0.2, 0.25) is 0 Å². The highest BCUT2D eigenvalue weighted by Gasteiger charge is 2.63. The molecule has 5 heteroatoms. The Morgan fingerprint density at radius 1 is 0.941 bits per heavy atom. The molecule has 13 atom stereocenters. The Bertz CT molecular complexity index is 753. The Morgan fingerprint density at radius 3 is 2.21 bits per heavy atom. The van der Waals surface area contributed by atoms with Crippen molar-refractivity contribution < 1.29 is 25.2 Å². The molecule has 0 aliphatic heterocycles. The minimum Gasteiger partial charge on any atom is -0.390 e. The number of ketones is 1. The summed E-state index contributed by atoms with van der Waals surface area (Å²) in [6.45, 7) is 13.1. The van der Waals surface area contributed by atoms with Crippen LogP contribution in [0.1, 0.15) is 92.9 Å². The fourth-order valence-electron chi connectivity index (χ4n) is 9.89. The predicted octanol–water partition coefficient (Wildman–Crippen LogP) is 4.20. The number of fused-ring (bicyclic) bond motifs is 5. The maximum Gasteiger partial charge on any atom is 0.136 e. The fourth-order valence-corrected chi connectivity index (χ4v) is 9.89. The molecular formula is C29H50O5. The topological polar surface area (TPSA) is 98.0 Å². The second-order valence-corrected chi connectivity index (χ2v) is 13.6. The molecule has 4 fully saturated rings. The van der Waals surface area contributed by atoms with Crippen molar-refractivity contribution in [2.24, 2.45) is 58.2 Å². The molecule has 4 aliphatic carbocycles. The maximum atomic E-state index is 13.4. The molecule has 1 unspecified atom stereocenters. The number of carbonyl (C=O) groups is 1. The van der Waals surface area contributed by atoms with Crippen molar-refractivity contribution in [2.75, 3.05) is 0 Å². The molecular weight excluding hydrogens is 428 g/mol. The lowest BCUT2D eigenvalue weighted by molar-refractivity contribution is -0.175.